The highest BCUT2D eigenvalue weighted by Gasteiger charge is 2.31. The summed E-state index contributed by atoms with van der Waals surface area (Å²) >= 11 is 0.968. The predicted molar refractivity (Wildman–Crippen MR) is 69.2 cm³/mol. The van der Waals surface area contributed by atoms with Crippen molar-refractivity contribution in [1.29, 1.82) is 0 Å². The van der Waals surface area contributed by atoms with Gasteiger partial charge < -0.3 is 5.32 Å². The van der Waals surface area contributed by atoms with Crippen molar-refractivity contribution in [2.24, 2.45) is 0 Å². The van der Waals surface area contributed by atoms with Gasteiger partial charge in [-0.2, -0.15) is 13.1 Å². The summed E-state index contributed by atoms with van der Waals surface area (Å²) in [4.78, 5) is 11.4. The highest BCUT2D eigenvalue weighted by atomic mass is 32.2. The van der Waals surface area contributed by atoms with E-state index in [0.29, 0.717) is 17.6 Å². The molecule has 1 N–H and O–H groups in total. The minimum atomic E-state index is -3.71. The molecular formula is C10H10N4O3S2. The Bertz CT molecular complexity index is 740. The van der Waals surface area contributed by atoms with Gasteiger partial charge in [-0.15, -0.1) is 0 Å². The van der Waals surface area contributed by atoms with Crippen molar-refractivity contribution in [3.8, 4) is 0 Å². The fraction of sp³-hybridized carbons (Fsp3) is 0.300. The molecule has 100 valence electrons. The maximum atomic E-state index is 12.5. The van der Waals surface area contributed by atoms with Gasteiger partial charge >= 0.3 is 0 Å². The van der Waals surface area contributed by atoms with Crippen LogP contribution in [0, 0.1) is 0 Å². The van der Waals surface area contributed by atoms with Gasteiger partial charge in [0.1, 0.15) is 15.9 Å². The Morgan fingerprint density at radius 3 is 2.95 bits per heavy atom. The lowest BCUT2D eigenvalue weighted by molar-refractivity contribution is -0.122. The first-order valence-electron chi connectivity index (χ1n) is 5.57. The fourth-order valence-corrected chi connectivity index (χ4v) is 4.10. The van der Waals surface area contributed by atoms with Crippen LogP contribution in [0.3, 0.4) is 0 Å². The number of rotatable bonds is 2. The van der Waals surface area contributed by atoms with Crippen molar-refractivity contribution in [2.45, 2.75) is 4.90 Å². The van der Waals surface area contributed by atoms with Gasteiger partial charge in [0.15, 0.2) is 0 Å². The molecule has 0 aliphatic carbocycles. The number of aromatic nitrogens is 2. The summed E-state index contributed by atoms with van der Waals surface area (Å²) < 4.78 is 34.3. The first-order valence-corrected chi connectivity index (χ1v) is 7.74. The zero-order valence-electron chi connectivity index (χ0n) is 9.74. The van der Waals surface area contributed by atoms with E-state index >= 15 is 0 Å². The average molecular weight is 298 g/mol. The first-order chi connectivity index (χ1) is 9.09. The van der Waals surface area contributed by atoms with Crippen LogP contribution >= 0.6 is 11.7 Å². The Kier molecular flexibility index (Phi) is 2.96. The largest absolute Gasteiger partial charge is 0.354 e. The Morgan fingerprint density at radius 2 is 2.16 bits per heavy atom. The van der Waals surface area contributed by atoms with Crippen LogP contribution in [-0.4, -0.2) is 47.0 Å². The third-order valence-electron chi connectivity index (χ3n) is 2.87. The second kappa shape index (κ2) is 4.51. The van der Waals surface area contributed by atoms with Crippen molar-refractivity contribution in [2.75, 3.05) is 19.6 Å². The van der Waals surface area contributed by atoms with Gasteiger partial charge in [0.2, 0.25) is 15.9 Å². The van der Waals surface area contributed by atoms with Gasteiger partial charge in [-0.25, -0.2) is 8.42 Å². The van der Waals surface area contributed by atoms with Crippen LogP contribution in [0.4, 0.5) is 0 Å². The van der Waals surface area contributed by atoms with E-state index in [9.17, 15) is 13.2 Å². The Balaban J connectivity index is 2.09. The summed E-state index contributed by atoms with van der Waals surface area (Å²) in [5.74, 6) is -0.293. The van der Waals surface area contributed by atoms with E-state index in [4.69, 9.17) is 0 Å². The molecule has 19 heavy (non-hydrogen) atoms. The number of benzene rings is 1. The van der Waals surface area contributed by atoms with Crippen LogP contribution in [0.25, 0.3) is 11.0 Å². The minimum absolute atomic E-state index is 0.105. The second-order valence-corrected chi connectivity index (χ2v) is 6.51. The Labute approximate surface area is 113 Å². The number of hydrogen-bond acceptors (Lipinski definition) is 6. The molecule has 1 aliphatic rings. The topological polar surface area (TPSA) is 92.3 Å². The van der Waals surface area contributed by atoms with Crippen LogP contribution in [0.15, 0.2) is 23.1 Å². The zero-order valence-corrected chi connectivity index (χ0v) is 11.4. The van der Waals surface area contributed by atoms with E-state index in [2.05, 4.69) is 14.1 Å². The van der Waals surface area contributed by atoms with E-state index in [0.717, 1.165) is 11.7 Å². The van der Waals surface area contributed by atoms with Crippen molar-refractivity contribution in [3.63, 3.8) is 0 Å². The lowest BCUT2D eigenvalue weighted by Crippen LogP contribution is -2.49. The minimum Gasteiger partial charge on any atom is -0.354 e. The maximum Gasteiger partial charge on any atom is 0.245 e. The standard InChI is InChI=1S/C10H10N4O3S2/c15-9-6-14(5-4-11-9)19(16,17)8-3-1-2-7-10(8)13-18-12-7/h1-3H,4-6H2,(H,11,15). The van der Waals surface area contributed by atoms with E-state index < -0.39 is 10.0 Å². The number of fused-ring (bicyclic) bond motifs is 1. The van der Waals surface area contributed by atoms with Gasteiger partial charge in [0.05, 0.1) is 18.3 Å². The van der Waals surface area contributed by atoms with E-state index in [-0.39, 0.29) is 23.9 Å². The van der Waals surface area contributed by atoms with Crippen LogP contribution in [0.1, 0.15) is 0 Å². The van der Waals surface area contributed by atoms with Crippen molar-refractivity contribution >= 4 is 38.7 Å². The monoisotopic (exact) mass is 298 g/mol. The SMILES string of the molecule is O=C1CN(S(=O)(=O)c2cccc3nsnc23)CCN1. The van der Waals surface area contributed by atoms with Gasteiger partial charge in [0.25, 0.3) is 0 Å². The number of nitrogens with zero attached hydrogens (tertiary/aromatic N) is 3. The molecule has 0 unspecified atom stereocenters. The molecule has 1 aromatic carbocycles. The number of sulfonamides is 1. The smallest absolute Gasteiger partial charge is 0.245 e. The first kappa shape index (κ1) is 12.5. The molecule has 0 saturated carbocycles. The van der Waals surface area contributed by atoms with Crippen molar-refractivity contribution in [3.05, 3.63) is 18.2 Å². The molecular weight excluding hydrogens is 288 g/mol. The molecule has 1 aromatic heterocycles. The molecule has 1 saturated heterocycles. The fourth-order valence-electron chi connectivity index (χ4n) is 1.95. The van der Waals surface area contributed by atoms with Gasteiger partial charge in [-0.05, 0) is 12.1 Å². The number of hydrogen-bond donors (Lipinski definition) is 1. The van der Waals surface area contributed by atoms with Crippen LogP contribution in [0.2, 0.25) is 0 Å². The number of amides is 1. The molecule has 1 amide bonds. The third kappa shape index (κ3) is 2.09. The van der Waals surface area contributed by atoms with Gasteiger partial charge in [0, 0.05) is 13.1 Å². The molecule has 1 aliphatic heterocycles. The molecule has 0 atom stereocenters. The van der Waals surface area contributed by atoms with E-state index in [1.54, 1.807) is 12.1 Å². The summed E-state index contributed by atoms with van der Waals surface area (Å²) in [5, 5.41) is 2.60. The number of nitrogens with one attached hydrogen (secondary N) is 1. The van der Waals surface area contributed by atoms with Crippen LogP contribution in [-0.2, 0) is 14.8 Å². The predicted octanol–water partition coefficient (Wildman–Crippen LogP) is -0.188. The molecule has 0 radical (unpaired) electrons. The summed E-state index contributed by atoms with van der Waals surface area (Å²) in [7, 11) is -3.71. The highest BCUT2D eigenvalue weighted by Crippen LogP contribution is 2.24. The van der Waals surface area contributed by atoms with Gasteiger partial charge in [-0.3, -0.25) is 4.79 Å². The van der Waals surface area contributed by atoms with Crippen molar-refractivity contribution < 1.29 is 13.2 Å². The van der Waals surface area contributed by atoms with Crippen LogP contribution in [0.5, 0.6) is 0 Å². The molecule has 9 heteroatoms. The van der Waals surface area contributed by atoms with E-state index in [1.807, 2.05) is 0 Å². The average Bonchev–Trinajstić information content (AvgIpc) is 2.86. The van der Waals surface area contributed by atoms with Gasteiger partial charge in [-0.1, -0.05) is 6.07 Å². The number of carbonyl (C=O) groups excluding carboxylic acids is 1. The summed E-state index contributed by atoms with van der Waals surface area (Å²) in [6.45, 7) is 0.432. The summed E-state index contributed by atoms with van der Waals surface area (Å²) in [6, 6.07) is 4.83. The Morgan fingerprint density at radius 1 is 1.32 bits per heavy atom. The maximum absolute atomic E-state index is 12.5. The lowest BCUT2D eigenvalue weighted by atomic mass is 10.3. The third-order valence-corrected chi connectivity index (χ3v) is 5.29. The molecule has 2 aromatic rings. The highest BCUT2D eigenvalue weighted by molar-refractivity contribution is 7.89. The molecule has 2 heterocycles. The van der Waals surface area contributed by atoms with E-state index in [1.165, 1.54) is 10.4 Å². The summed E-state index contributed by atoms with van der Waals surface area (Å²) in [6.07, 6.45) is 0. The van der Waals surface area contributed by atoms with Crippen molar-refractivity contribution in [1.82, 2.24) is 18.4 Å². The molecule has 0 spiro atoms. The zero-order chi connectivity index (χ0) is 13.5. The summed E-state index contributed by atoms with van der Waals surface area (Å²) in [5.41, 5.74) is 0.908. The molecule has 3 rings (SSSR count). The molecule has 7 nitrogen and oxygen atoms in total. The number of carbonyl (C=O) groups is 1. The lowest BCUT2D eigenvalue weighted by Gasteiger charge is -2.25. The molecule has 1 fully saturated rings. The quantitative estimate of drug-likeness (QED) is 0.829. The second-order valence-electron chi connectivity index (χ2n) is 4.08. The number of piperazine rings is 1. The molecule has 0 bridgehead atoms. The van der Waals surface area contributed by atoms with Crippen LogP contribution < -0.4 is 5.32 Å². The Hall–Kier alpha value is -1.58. The normalized spacial score (nSPS) is 17.6.